The largest absolute Gasteiger partial charge is 0.611 e. The van der Waals surface area contributed by atoms with Crippen LogP contribution in [0.2, 0.25) is 0 Å². The first-order valence-electron chi connectivity index (χ1n) is 6.56. The number of hydrogen-bond acceptors (Lipinski definition) is 4. The number of aryl methyl sites for hydroxylation is 1. The minimum absolute atomic E-state index is 0.0455. The molecule has 1 unspecified atom stereocenters. The fraction of sp³-hybridized carbons (Fsp3) is 0.400. The zero-order valence-corrected chi connectivity index (χ0v) is 12.9. The Hall–Kier alpha value is -1.46. The molecule has 0 bridgehead atoms. The second kappa shape index (κ2) is 5.89. The van der Waals surface area contributed by atoms with E-state index in [1.807, 2.05) is 19.9 Å². The zero-order valence-electron chi connectivity index (χ0n) is 12.1. The summed E-state index contributed by atoms with van der Waals surface area (Å²) < 4.78 is 22.6. The minimum atomic E-state index is -1.06. The van der Waals surface area contributed by atoms with Crippen LogP contribution in [0.1, 0.15) is 36.9 Å². The molecular weight excluding hydrogens is 276 g/mol. The van der Waals surface area contributed by atoms with Crippen molar-refractivity contribution in [1.82, 2.24) is 0 Å². The van der Waals surface area contributed by atoms with E-state index in [9.17, 15) is 9.35 Å². The van der Waals surface area contributed by atoms with Gasteiger partial charge in [0.05, 0.1) is 6.61 Å². The molecule has 0 saturated heterocycles. The Bertz CT molecular complexity index is 630. The highest BCUT2D eigenvalue weighted by molar-refractivity contribution is 7.92. The van der Waals surface area contributed by atoms with E-state index in [1.54, 1.807) is 26.0 Å². The Balaban J connectivity index is 2.48. The molecule has 2 aromatic rings. The van der Waals surface area contributed by atoms with Crippen molar-refractivity contribution in [3.05, 3.63) is 29.5 Å². The lowest BCUT2D eigenvalue weighted by molar-refractivity contribution is 0.0491. The number of fused-ring (bicyclic) bond motifs is 1. The van der Waals surface area contributed by atoms with Crippen LogP contribution in [0.5, 0.6) is 0 Å². The molecule has 0 aliphatic carbocycles. The second-order valence-electron chi connectivity index (χ2n) is 4.78. The lowest BCUT2D eigenvalue weighted by atomic mass is 10.1. The summed E-state index contributed by atoms with van der Waals surface area (Å²) in [5.74, 6) is -0.248. The second-order valence-corrected chi connectivity index (χ2v) is 6.79. The Morgan fingerprint density at radius 1 is 1.45 bits per heavy atom. The summed E-state index contributed by atoms with van der Waals surface area (Å²) in [5, 5.41) is 0.851. The van der Waals surface area contributed by atoms with Crippen molar-refractivity contribution in [2.24, 2.45) is 0 Å². The monoisotopic (exact) mass is 294 g/mol. The van der Waals surface area contributed by atoms with Gasteiger partial charge in [0.2, 0.25) is 5.76 Å². The van der Waals surface area contributed by atoms with E-state index >= 15 is 0 Å². The number of ether oxygens (including phenoxy) is 1. The van der Waals surface area contributed by atoms with Crippen LogP contribution < -0.4 is 0 Å². The van der Waals surface area contributed by atoms with E-state index in [-0.39, 0.29) is 11.0 Å². The first kappa shape index (κ1) is 14.9. The molecule has 0 amide bonds. The highest BCUT2D eigenvalue weighted by Crippen LogP contribution is 2.29. The third-order valence-corrected chi connectivity index (χ3v) is 4.60. The quantitative estimate of drug-likeness (QED) is 0.640. The van der Waals surface area contributed by atoms with E-state index in [0.717, 1.165) is 15.8 Å². The van der Waals surface area contributed by atoms with Gasteiger partial charge in [0.25, 0.3) is 0 Å². The number of furan rings is 1. The van der Waals surface area contributed by atoms with Crippen molar-refractivity contribution in [3.8, 4) is 0 Å². The molecule has 1 heterocycles. The average Bonchev–Trinajstić information content (AvgIpc) is 2.75. The Morgan fingerprint density at radius 3 is 2.75 bits per heavy atom. The number of hydrogen-bond donors (Lipinski definition) is 0. The van der Waals surface area contributed by atoms with Crippen LogP contribution in [-0.2, 0) is 15.9 Å². The number of benzene rings is 1. The fourth-order valence-electron chi connectivity index (χ4n) is 1.99. The summed E-state index contributed by atoms with van der Waals surface area (Å²) in [6, 6.07) is 5.35. The van der Waals surface area contributed by atoms with Crippen molar-refractivity contribution in [2.75, 3.05) is 6.61 Å². The van der Waals surface area contributed by atoms with Crippen molar-refractivity contribution >= 4 is 28.1 Å². The first-order chi connectivity index (χ1) is 9.45. The maximum Gasteiger partial charge on any atom is 0.374 e. The van der Waals surface area contributed by atoms with Gasteiger partial charge in [-0.1, -0.05) is 0 Å². The molecule has 5 heteroatoms. The van der Waals surface area contributed by atoms with Crippen LogP contribution in [0, 0.1) is 6.92 Å². The molecule has 0 fully saturated rings. The van der Waals surface area contributed by atoms with Gasteiger partial charge >= 0.3 is 5.97 Å². The van der Waals surface area contributed by atoms with Crippen molar-refractivity contribution in [2.45, 2.75) is 37.8 Å². The lowest BCUT2D eigenvalue weighted by Gasteiger charge is -2.13. The van der Waals surface area contributed by atoms with Crippen LogP contribution in [0.25, 0.3) is 11.0 Å². The molecule has 2 rings (SSSR count). The third kappa shape index (κ3) is 2.69. The molecule has 1 aromatic heterocycles. The van der Waals surface area contributed by atoms with E-state index < -0.39 is 17.1 Å². The molecule has 0 spiro atoms. The fourth-order valence-corrected chi connectivity index (χ4v) is 2.97. The summed E-state index contributed by atoms with van der Waals surface area (Å²) >= 11 is -1.06. The molecule has 1 aromatic carbocycles. The van der Waals surface area contributed by atoms with E-state index in [2.05, 4.69) is 0 Å². The van der Waals surface area contributed by atoms with E-state index in [0.29, 0.717) is 12.2 Å². The molecule has 0 saturated carbocycles. The number of carbonyl (C=O) groups excluding carboxylic acids is 1. The molecule has 4 nitrogen and oxygen atoms in total. The molecule has 0 radical (unpaired) electrons. The summed E-state index contributed by atoms with van der Waals surface area (Å²) in [4.78, 5) is 12.5. The molecule has 20 heavy (non-hydrogen) atoms. The zero-order chi connectivity index (χ0) is 14.9. The molecule has 0 aliphatic heterocycles. The van der Waals surface area contributed by atoms with Gasteiger partial charge in [-0.25, -0.2) is 4.79 Å². The smallest absolute Gasteiger partial charge is 0.374 e. The topological polar surface area (TPSA) is 62.5 Å². The average molecular weight is 294 g/mol. The van der Waals surface area contributed by atoms with Gasteiger partial charge in [-0.3, -0.25) is 0 Å². The summed E-state index contributed by atoms with van der Waals surface area (Å²) in [6.07, 6.45) is 0. The van der Waals surface area contributed by atoms with Crippen LogP contribution in [0.3, 0.4) is 0 Å². The van der Waals surface area contributed by atoms with Crippen LogP contribution in [-0.4, -0.2) is 22.4 Å². The highest BCUT2D eigenvalue weighted by atomic mass is 32.2. The number of esters is 1. The molecule has 108 valence electrons. The van der Waals surface area contributed by atoms with Gasteiger partial charge in [-0.2, -0.15) is 0 Å². The van der Waals surface area contributed by atoms with Gasteiger partial charge in [0, 0.05) is 17.0 Å². The SMILES string of the molecule is CCOC(=O)c1oc2ccc([S+]([O-])C(C)C)cc2c1C. The first-order valence-corrected chi connectivity index (χ1v) is 7.77. The van der Waals surface area contributed by atoms with Crippen LogP contribution in [0.15, 0.2) is 27.5 Å². The van der Waals surface area contributed by atoms with Gasteiger partial charge in [0.15, 0.2) is 4.90 Å². The normalized spacial score (nSPS) is 12.9. The molecule has 0 N–H and O–H groups in total. The van der Waals surface area contributed by atoms with Gasteiger partial charge in [-0.05, 0) is 51.0 Å². The number of rotatable bonds is 4. The minimum Gasteiger partial charge on any atom is -0.611 e. The molecule has 1 atom stereocenters. The molecule has 0 aliphatic rings. The van der Waals surface area contributed by atoms with Crippen molar-refractivity contribution in [1.29, 1.82) is 0 Å². The van der Waals surface area contributed by atoms with Gasteiger partial charge in [-0.15, -0.1) is 0 Å². The lowest BCUT2D eigenvalue weighted by Crippen LogP contribution is -2.13. The van der Waals surface area contributed by atoms with Crippen LogP contribution in [0.4, 0.5) is 0 Å². The summed E-state index contributed by atoms with van der Waals surface area (Å²) in [5.41, 5.74) is 1.33. The maximum atomic E-state index is 12.1. The van der Waals surface area contributed by atoms with Crippen molar-refractivity contribution in [3.63, 3.8) is 0 Å². The van der Waals surface area contributed by atoms with Gasteiger partial charge < -0.3 is 13.7 Å². The predicted molar refractivity (Wildman–Crippen MR) is 78.5 cm³/mol. The molecular formula is C15H18O4S. The van der Waals surface area contributed by atoms with Gasteiger partial charge in [0.1, 0.15) is 10.8 Å². The van der Waals surface area contributed by atoms with Crippen LogP contribution >= 0.6 is 0 Å². The number of carbonyl (C=O) groups is 1. The predicted octanol–water partition coefficient (Wildman–Crippen LogP) is 3.43. The van der Waals surface area contributed by atoms with E-state index in [4.69, 9.17) is 9.15 Å². The van der Waals surface area contributed by atoms with E-state index in [1.165, 1.54) is 0 Å². The standard InChI is InChI=1S/C15H18O4S/c1-5-18-15(16)14-10(4)12-8-11(20(17)9(2)3)6-7-13(12)19-14/h6-9H,5H2,1-4H3. The third-order valence-electron chi connectivity index (χ3n) is 3.03. The maximum absolute atomic E-state index is 12.1. The Morgan fingerprint density at radius 2 is 2.15 bits per heavy atom. The van der Waals surface area contributed by atoms with Crippen molar-refractivity contribution < 1.29 is 18.5 Å². The Kier molecular flexibility index (Phi) is 4.40. The summed E-state index contributed by atoms with van der Waals surface area (Å²) in [6.45, 7) is 7.68. The Labute approximate surface area is 121 Å². The summed E-state index contributed by atoms with van der Waals surface area (Å²) in [7, 11) is 0. The highest BCUT2D eigenvalue weighted by Gasteiger charge is 2.22.